The van der Waals surface area contributed by atoms with Crippen molar-refractivity contribution >= 4 is 45.5 Å². The molecule has 4 aromatic carbocycles. The summed E-state index contributed by atoms with van der Waals surface area (Å²) in [5, 5.41) is 29.7. The molecular weight excluding hydrogens is 660 g/mol. The highest BCUT2D eigenvalue weighted by molar-refractivity contribution is 5.95. The van der Waals surface area contributed by atoms with Gasteiger partial charge < -0.3 is 41.9 Å². The summed E-state index contributed by atoms with van der Waals surface area (Å²) in [6.07, 6.45) is 3.89. The summed E-state index contributed by atoms with van der Waals surface area (Å²) in [5.41, 5.74) is 11.1. The number of benzene rings is 4. The van der Waals surface area contributed by atoms with Gasteiger partial charge in [0.1, 0.15) is 23.9 Å². The summed E-state index contributed by atoms with van der Waals surface area (Å²) < 4.78 is 0. The number of aliphatic carboxylic acids is 1. The van der Waals surface area contributed by atoms with Gasteiger partial charge in [-0.05, 0) is 52.9 Å². The first-order valence-corrected chi connectivity index (χ1v) is 17.0. The van der Waals surface area contributed by atoms with E-state index >= 15 is 0 Å². The SMILES string of the molecule is NC(Cc1c[nH]c2ccccc12)C(=O)NC(Cc1c[nH]c2ccccc12)C(=O)NC(Cc1ccccc1)C(=O)NC(Cc1ccc(O)cc1)C(=O)O. The fourth-order valence-corrected chi connectivity index (χ4v) is 6.31. The molecule has 52 heavy (non-hydrogen) atoms. The summed E-state index contributed by atoms with van der Waals surface area (Å²) in [7, 11) is 0. The normalized spacial score (nSPS) is 13.6. The largest absolute Gasteiger partial charge is 0.508 e. The van der Waals surface area contributed by atoms with Gasteiger partial charge in [-0.2, -0.15) is 0 Å². The zero-order valence-corrected chi connectivity index (χ0v) is 28.2. The van der Waals surface area contributed by atoms with Crippen molar-refractivity contribution in [2.75, 3.05) is 0 Å². The first-order chi connectivity index (χ1) is 25.1. The van der Waals surface area contributed by atoms with Crippen LogP contribution in [0.1, 0.15) is 22.3 Å². The molecule has 0 saturated carbocycles. The van der Waals surface area contributed by atoms with Crippen molar-refractivity contribution in [1.29, 1.82) is 0 Å². The number of para-hydroxylation sites is 2. The van der Waals surface area contributed by atoms with Crippen molar-refractivity contribution in [1.82, 2.24) is 25.9 Å². The van der Waals surface area contributed by atoms with E-state index in [1.807, 2.05) is 60.8 Å². The minimum atomic E-state index is -1.32. The average Bonchev–Trinajstić information content (AvgIpc) is 3.75. The Labute approximate surface area is 299 Å². The second-order valence-corrected chi connectivity index (χ2v) is 12.8. The van der Waals surface area contributed by atoms with Crippen LogP contribution in [0.15, 0.2) is 116 Å². The maximum Gasteiger partial charge on any atom is 0.326 e. The van der Waals surface area contributed by atoms with Crippen LogP contribution in [-0.2, 0) is 44.9 Å². The Morgan fingerprint density at radius 1 is 0.558 bits per heavy atom. The standard InChI is InChI=1S/C40H40N6O6/c41-31(20-26-22-42-32-12-6-4-10-29(26)32)37(48)44-35(21-27-23-43-33-13-7-5-11-30(27)33)39(50)45-34(18-24-8-2-1-3-9-24)38(49)46-36(40(51)52)19-25-14-16-28(47)17-15-25/h1-17,22-23,31,34-36,42-43,47H,18-21,41H2,(H,44,48)(H,45,50)(H,46,49)(H,51,52). The van der Waals surface area contributed by atoms with E-state index in [2.05, 4.69) is 25.9 Å². The number of fused-ring (bicyclic) bond motifs is 2. The van der Waals surface area contributed by atoms with Gasteiger partial charge in [0, 0.05) is 53.5 Å². The molecule has 0 aliphatic rings. The fourth-order valence-electron chi connectivity index (χ4n) is 6.31. The number of phenolic OH excluding ortho intramolecular Hbond substituents is 1. The van der Waals surface area contributed by atoms with Crippen molar-refractivity contribution in [2.45, 2.75) is 49.9 Å². The third kappa shape index (κ3) is 8.66. The number of aromatic hydroxyl groups is 1. The van der Waals surface area contributed by atoms with E-state index in [0.29, 0.717) is 5.56 Å². The Morgan fingerprint density at radius 2 is 1.02 bits per heavy atom. The molecule has 0 spiro atoms. The number of phenols is 1. The summed E-state index contributed by atoms with van der Waals surface area (Å²) in [5.74, 6) is -3.14. The molecular formula is C40H40N6O6. The first-order valence-electron chi connectivity index (χ1n) is 17.0. The van der Waals surface area contributed by atoms with E-state index < -0.39 is 47.9 Å². The number of hydrogen-bond acceptors (Lipinski definition) is 6. The molecule has 6 aromatic rings. The third-order valence-corrected chi connectivity index (χ3v) is 9.09. The number of aromatic nitrogens is 2. The summed E-state index contributed by atoms with van der Waals surface area (Å²) in [6, 6.07) is 25.6. The van der Waals surface area contributed by atoms with Crippen LogP contribution < -0.4 is 21.7 Å². The fraction of sp³-hybridized carbons (Fsp3) is 0.200. The number of carboxylic acids is 1. The van der Waals surface area contributed by atoms with E-state index in [9.17, 15) is 29.4 Å². The topological polar surface area (TPSA) is 202 Å². The maximum absolute atomic E-state index is 14.2. The van der Waals surface area contributed by atoms with Crippen LogP contribution in [0, 0.1) is 0 Å². The average molecular weight is 701 g/mol. The monoisotopic (exact) mass is 700 g/mol. The number of carbonyl (C=O) groups is 4. The Kier molecular flexibility index (Phi) is 11.0. The lowest BCUT2D eigenvalue weighted by Gasteiger charge is -2.25. The van der Waals surface area contributed by atoms with Crippen molar-refractivity contribution < 1.29 is 29.4 Å². The quantitative estimate of drug-likeness (QED) is 0.0801. The molecule has 2 aromatic heterocycles. The molecule has 0 saturated heterocycles. The molecule has 0 radical (unpaired) electrons. The number of aromatic amines is 2. The predicted octanol–water partition coefficient (Wildman–Crippen LogP) is 3.49. The van der Waals surface area contributed by atoms with E-state index in [1.54, 1.807) is 42.6 Å². The van der Waals surface area contributed by atoms with Crippen LogP contribution in [0.2, 0.25) is 0 Å². The number of carbonyl (C=O) groups excluding carboxylic acids is 3. The number of nitrogens with one attached hydrogen (secondary N) is 5. The molecule has 12 nitrogen and oxygen atoms in total. The minimum Gasteiger partial charge on any atom is -0.508 e. The Bertz CT molecular complexity index is 2180. The second kappa shape index (κ2) is 16.1. The van der Waals surface area contributed by atoms with Gasteiger partial charge in [-0.15, -0.1) is 0 Å². The summed E-state index contributed by atoms with van der Waals surface area (Å²) >= 11 is 0. The second-order valence-electron chi connectivity index (χ2n) is 12.8. The van der Waals surface area contributed by atoms with Gasteiger partial charge in [-0.1, -0.05) is 78.9 Å². The van der Waals surface area contributed by atoms with Crippen molar-refractivity contribution in [3.8, 4) is 5.75 Å². The molecule has 3 amide bonds. The number of amides is 3. The first kappa shape index (κ1) is 35.4. The lowest BCUT2D eigenvalue weighted by molar-refractivity contribution is -0.142. The molecule has 2 heterocycles. The van der Waals surface area contributed by atoms with Gasteiger partial charge in [0.25, 0.3) is 0 Å². The minimum absolute atomic E-state index is 0.0264. The Balaban J connectivity index is 1.24. The highest BCUT2D eigenvalue weighted by Crippen LogP contribution is 2.21. The van der Waals surface area contributed by atoms with Crippen LogP contribution in [0.25, 0.3) is 21.8 Å². The van der Waals surface area contributed by atoms with E-state index in [0.717, 1.165) is 38.5 Å². The van der Waals surface area contributed by atoms with Gasteiger partial charge in [-0.25, -0.2) is 4.79 Å². The number of carboxylic acid groups (broad SMARTS) is 1. The highest BCUT2D eigenvalue weighted by Gasteiger charge is 2.31. The van der Waals surface area contributed by atoms with Crippen LogP contribution >= 0.6 is 0 Å². The van der Waals surface area contributed by atoms with E-state index in [-0.39, 0.29) is 31.4 Å². The smallest absolute Gasteiger partial charge is 0.326 e. The molecule has 4 unspecified atom stereocenters. The van der Waals surface area contributed by atoms with E-state index in [4.69, 9.17) is 5.73 Å². The summed E-state index contributed by atoms with van der Waals surface area (Å²) in [4.78, 5) is 60.3. The predicted molar refractivity (Wildman–Crippen MR) is 197 cm³/mol. The molecule has 0 aliphatic carbocycles. The molecule has 266 valence electrons. The lowest BCUT2D eigenvalue weighted by Crippen LogP contribution is -2.58. The summed E-state index contributed by atoms with van der Waals surface area (Å²) in [6.45, 7) is 0. The number of rotatable bonds is 15. The van der Waals surface area contributed by atoms with Gasteiger partial charge in [-0.3, -0.25) is 14.4 Å². The molecule has 12 heteroatoms. The number of nitrogens with two attached hydrogens (primary N) is 1. The van der Waals surface area contributed by atoms with Crippen molar-refractivity contribution in [3.63, 3.8) is 0 Å². The van der Waals surface area contributed by atoms with Gasteiger partial charge in [0.2, 0.25) is 17.7 Å². The van der Waals surface area contributed by atoms with Gasteiger partial charge in [0.05, 0.1) is 6.04 Å². The third-order valence-electron chi connectivity index (χ3n) is 9.09. The zero-order chi connectivity index (χ0) is 36.6. The molecule has 0 bridgehead atoms. The number of hydrogen-bond donors (Lipinski definition) is 8. The molecule has 4 atom stereocenters. The van der Waals surface area contributed by atoms with Crippen molar-refractivity contribution in [2.24, 2.45) is 5.73 Å². The molecule has 6 rings (SSSR count). The van der Waals surface area contributed by atoms with Crippen molar-refractivity contribution in [3.05, 3.63) is 138 Å². The highest BCUT2D eigenvalue weighted by atomic mass is 16.4. The Morgan fingerprint density at radius 3 is 1.62 bits per heavy atom. The van der Waals surface area contributed by atoms with Crippen LogP contribution in [0.4, 0.5) is 0 Å². The van der Waals surface area contributed by atoms with E-state index in [1.165, 1.54) is 12.1 Å². The maximum atomic E-state index is 14.2. The molecule has 0 fully saturated rings. The van der Waals surface area contributed by atoms with Crippen LogP contribution in [0.3, 0.4) is 0 Å². The lowest BCUT2D eigenvalue weighted by atomic mass is 10.00. The van der Waals surface area contributed by atoms with Crippen LogP contribution in [-0.4, -0.2) is 68.0 Å². The zero-order valence-electron chi connectivity index (χ0n) is 28.2. The molecule has 0 aliphatic heterocycles. The van der Waals surface area contributed by atoms with Gasteiger partial charge in [0.15, 0.2) is 0 Å². The van der Waals surface area contributed by atoms with Crippen LogP contribution in [0.5, 0.6) is 5.75 Å². The molecule has 9 N–H and O–H groups in total. The van der Waals surface area contributed by atoms with Gasteiger partial charge >= 0.3 is 5.97 Å². The number of H-pyrrole nitrogens is 2. The Hall–Kier alpha value is -6.40.